The van der Waals surface area contributed by atoms with Gasteiger partial charge < -0.3 is 4.74 Å². The molecule has 0 heterocycles. The van der Waals surface area contributed by atoms with E-state index in [0.29, 0.717) is 10.0 Å². The third-order valence-electron chi connectivity index (χ3n) is 3.52. The number of benzene rings is 2. The number of hydrogen-bond acceptors (Lipinski definition) is 3. The summed E-state index contributed by atoms with van der Waals surface area (Å²) in [6, 6.07) is 12.7. The molecule has 138 valence electrons. The number of carbonyl (C=O) groups excluding carboxylic acids is 1. The quantitative estimate of drug-likeness (QED) is 0.341. The molecule has 0 saturated carbocycles. The van der Waals surface area contributed by atoms with Crippen LogP contribution in [-0.2, 0) is 4.79 Å². The third kappa shape index (κ3) is 6.20. The fourth-order valence-electron chi connectivity index (χ4n) is 2.16. The van der Waals surface area contributed by atoms with Gasteiger partial charge in [0.25, 0.3) is 5.91 Å². The molecule has 0 spiro atoms. The van der Waals surface area contributed by atoms with Crippen molar-refractivity contribution in [3.63, 3.8) is 0 Å². The topological polar surface area (TPSA) is 50.7 Å². The van der Waals surface area contributed by atoms with Crippen LogP contribution >= 0.6 is 34.8 Å². The molecule has 0 aromatic heterocycles. The van der Waals surface area contributed by atoms with Gasteiger partial charge in [-0.25, -0.2) is 5.43 Å². The van der Waals surface area contributed by atoms with Crippen LogP contribution in [0.3, 0.4) is 0 Å². The van der Waals surface area contributed by atoms with Gasteiger partial charge in [0.1, 0.15) is 5.75 Å². The number of hydrazone groups is 1. The Balaban J connectivity index is 1.99. The molecule has 0 aliphatic heterocycles. The summed E-state index contributed by atoms with van der Waals surface area (Å²) in [5, 5.41) is 5.16. The predicted octanol–water partition coefficient (Wildman–Crippen LogP) is 5.74. The Bertz CT molecular complexity index is 780. The molecule has 0 radical (unpaired) electrons. The van der Waals surface area contributed by atoms with Gasteiger partial charge in [0.05, 0.1) is 20.8 Å². The minimum Gasteiger partial charge on any atom is -0.482 e. The molecule has 26 heavy (non-hydrogen) atoms. The number of unbranched alkanes of at least 4 members (excludes halogenated alkanes) is 1. The highest BCUT2D eigenvalue weighted by Gasteiger charge is 2.10. The molecular weight excluding hydrogens is 395 g/mol. The monoisotopic (exact) mass is 412 g/mol. The first kappa shape index (κ1) is 20.6. The lowest BCUT2D eigenvalue weighted by atomic mass is 10.1. The Labute approximate surface area is 168 Å². The number of carbonyl (C=O) groups is 1. The minimum atomic E-state index is -0.392. The molecular formula is C19H19Cl3N2O2. The number of nitrogens with one attached hydrogen (secondary N) is 1. The molecule has 0 bridgehead atoms. The number of ether oxygens (including phenoxy) is 1. The lowest BCUT2D eigenvalue weighted by Crippen LogP contribution is -2.26. The summed E-state index contributed by atoms with van der Waals surface area (Å²) >= 11 is 17.8. The molecule has 0 unspecified atom stereocenters. The second-order valence-corrected chi connectivity index (χ2v) is 6.77. The maximum absolute atomic E-state index is 12.0. The molecule has 2 aromatic rings. The van der Waals surface area contributed by atoms with Crippen LogP contribution in [0.15, 0.2) is 47.6 Å². The van der Waals surface area contributed by atoms with Crippen molar-refractivity contribution in [2.75, 3.05) is 6.61 Å². The summed E-state index contributed by atoms with van der Waals surface area (Å²) in [6.07, 6.45) is 2.80. The largest absolute Gasteiger partial charge is 0.482 e. The van der Waals surface area contributed by atoms with Gasteiger partial charge in [-0.3, -0.25) is 4.79 Å². The third-order valence-corrected chi connectivity index (χ3v) is 4.54. The average Bonchev–Trinajstić information content (AvgIpc) is 2.64. The number of nitrogens with zero attached hydrogens (tertiary/aromatic N) is 1. The summed E-state index contributed by atoms with van der Waals surface area (Å²) in [6.45, 7) is 1.87. The number of hydrogen-bond donors (Lipinski definition) is 1. The van der Waals surface area contributed by atoms with Crippen LogP contribution in [0.1, 0.15) is 31.7 Å². The molecule has 1 amide bonds. The number of halogens is 3. The van der Waals surface area contributed by atoms with Crippen LogP contribution in [0.5, 0.6) is 5.75 Å². The van der Waals surface area contributed by atoms with Gasteiger partial charge in [0.15, 0.2) is 6.61 Å². The molecule has 0 atom stereocenters. The van der Waals surface area contributed by atoms with Crippen LogP contribution in [0.25, 0.3) is 0 Å². The van der Waals surface area contributed by atoms with Gasteiger partial charge in [0.2, 0.25) is 0 Å². The SMILES string of the molecule is CCCCC(=NNC(=O)COc1cc(Cl)c(Cl)cc1Cl)c1ccccc1. The molecule has 7 heteroatoms. The zero-order chi connectivity index (χ0) is 18.9. The summed E-state index contributed by atoms with van der Waals surface area (Å²) in [5.74, 6) is -0.105. The highest BCUT2D eigenvalue weighted by atomic mass is 35.5. The normalized spacial score (nSPS) is 11.3. The number of rotatable bonds is 8. The molecule has 2 aromatic carbocycles. The molecule has 4 nitrogen and oxygen atoms in total. The molecule has 0 saturated heterocycles. The molecule has 0 aliphatic carbocycles. The summed E-state index contributed by atoms with van der Waals surface area (Å²) < 4.78 is 5.40. The Morgan fingerprint density at radius 3 is 2.46 bits per heavy atom. The lowest BCUT2D eigenvalue weighted by molar-refractivity contribution is -0.123. The van der Waals surface area contributed by atoms with Gasteiger partial charge in [-0.1, -0.05) is 78.5 Å². The van der Waals surface area contributed by atoms with E-state index in [0.717, 1.165) is 30.5 Å². The Morgan fingerprint density at radius 2 is 1.77 bits per heavy atom. The first-order chi connectivity index (χ1) is 12.5. The van der Waals surface area contributed by atoms with Crippen LogP contribution < -0.4 is 10.2 Å². The number of amides is 1. The zero-order valence-corrected chi connectivity index (χ0v) is 16.5. The fourth-order valence-corrected chi connectivity index (χ4v) is 2.75. The molecule has 2 rings (SSSR count). The van der Waals surface area contributed by atoms with Crippen molar-refractivity contribution in [3.05, 3.63) is 63.1 Å². The molecule has 1 N–H and O–H groups in total. The van der Waals surface area contributed by atoms with E-state index < -0.39 is 5.91 Å². The fraction of sp³-hybridized carbons (Fsp3) is 0.263. The second kappa shape index (κ2) is 10.4. The van der Waals surface area contributed by atoms with Crippen molar-refractivity contribution in [1.82, 2.24) is 5.43 Å². The van der Waals surface area contributed by atoms with E-state index >= 15 is 0 Å². The van der Waals surface area contributed by atoms with Crippen LogP contribution in [0.2, 0.25) is 15.1 Å². The van der Waals surface area contributed by atoms with Gasteiger partial charge >= 0.3 is 0 Å². The van der Waals surface area contributed by atoms with E-state index in [1.807, 2.05) is 30.3 Å². The van der Waals surface area contributed by atoms with Crippen molar-refractivity contribution in [2.45, 2.75) is 26.2 Å². The van der Waals surface area contributed by atoms with Gasteiger partial charge in [-0.2, -0.15) is 5.10 Å². The minimum absolute atomic E-state index is 0.239. The first-order valence-electron chi connectivity index (χ1n) is 8.19. The van der Waals surface area contributed by atoms with Crippen LogP contribution in [-0.4, -0.2) is 18.2 Å². The summed E-state index contributed by atoms with van der Waals surface area (Å²) in [7, 11) is 0. The average molecular weight is 414 g/mol. The van der Waals surface area contributed by atoms with Crippen molar-refractivity contribution in [2.24, 2.45) is 5.10 Å². The Morgan fingerprint density at radius 1 is 1.08 bits per heavy atom. The second-order valence-electron chi connectivity index (χ2n) is 5.55. The van der Waals surface area contributed by atoms with E-state index in [2.05, 4.69) is 17.5 Å². The van der Waals surface area contributed by atoms with Crippen molar-refractivity contribution in [3.8, 4) is 5.75 Å². The smallest absolute Gasteiger partial charge is 0.277 e. The van der Waals surface area contributed by atoms with Crippen molar-refractivity contribution < 1.29 is 9.53 Å². The van der Waals surface area contributed by atoms with E-state index in [1.165, 1.54) is 12.1 Å². The lowest BCUT2D eigenvalue weighted by Gasteiger charge is -2.10. The Hall–Kier alpha value is -1.75. The van der Waals surface area contributed by atoms with Gasteiger partial charge in [-0.05, 0) is 24.5 Å². The van der Waals surface area contributed by atoms with Crippen LogP contribution in [0, 0.1) is 0 Å². The first-order valence-corrected chi connectivity index (χ1v) is 9.32. The van der Waals surface area contributed by atoms with E-state index in [-0.39, 0.29) is 17.4 Å². The maximum Gasteiger partial charge on any atom is 0.277 e. The highest BCUT2D eigenvalue weighted by Crippen LogP contribution is 2.33. The highest BCUT2D eigenvalue weighted by molar-refractivity contribution is 6.43. The standard InChI is InChI=1S/C19H19Cl3N2O2/c1-2-3-9-17(13-7-5-4-6-8-13)23-24-19(25)12-26-18-11-15(21)14(20)10-16(18)22/h4-8,10-11H,2-3,9,12H2,1H3,(H,24,25). The van der Waals surface area contributed by atoms with E-state index in [1.54, 1.807) is 0 Å². The molecule has 0 fully saturated rings. The van der Waals surface area contributed by atoms with Crippen molar-refractivity contribution >= 4 is 46.4 Å². The summed E-state index contributed by atoms with van der Waals surface area (Å²) in [5.41, 5.74) is 4.34. The van der Waals surface area contributed by atoms with Gasteiger partial charge in [0, 0.05) is 6.07 Å². The van der Waals surface area contributed by atoms with E-state index in [4.69, 9.17) is 39.5 Å². The van der Waals surface area contributed by atoms with E-state index in [9.17, 15) is 4.79 Å². The summed E-state index contributed by atoms with van der Waals surface area (Å²) in [4.78, 5) is 12.0. The van der Waals surface area contributed by atoms with Gasteiger partial charge in [-0.15, -0.1) is 0 Å². The molecule has 0 aliphatic rings. The zero-order valence-electron chi connectivity index (χ0n) is 14.3. The maximum atomic E-state index is 12.0. The Kier molecular flexibility index (Phi) is 8.23. The van der Waals surface area contributed by atoms with Crippen molar-refractivity contribution in [1.29, 1.82) is 0 Å². The predicted molar refractivity (Wildman–Crippen MR) is 108 cm³/mol. The van der Waals surface area contributed by atoms with Crippen LogP contribution in [0.4, 0.5) is 0 Å².